The molecule has 1 fully saturated rings. The van der Waals surface area contributed by atoms with Crippen molar-refractivity contribution in [3.8, 4) is 22.4 Å². The molecule has 53 heavy (non-hydrogen) atoms. The van der Waals surface area contributed by atoms with Crippen molar-refractivity contribution in [1.29, 1.82) is 0 Å². The van der Waals surface area contributed by atoms with Crippen LogP contribution >= 0.6 is 11.6 Å². The van der Waals surface area contributed by atoms with E-state index in [4.69, 9.17) is 16.3 Å². The van der Waals surface area contributed by atoms with Crippen molar-refractivity contribution in [3.63, 3.8) is 0 Å². The number of ether oxygens (including phenoxy) is 1. The average Bonchev–Trinajstić information content (AvgIpc) is 3.69. The Labute approximate surface area is 312 Å². The second kappa shape index (κ2) is 17.0. The third-order valence-electron chi connectivity index (χ3n) is 9.57. The summed E-state index contributed by atoms with van der Waals surface area (Å²) in [5.74, 6) is -3.81. The van der Waals surface area contributed by atoms with E-state index in [1.165, 1.54) is 54.3 Å². The number of hydrogen-bond donors (Lipinski definition) is 2. The topological polar surface area (TPSA) is 138 Å². The Kier molecular flexibility index (Phi) is 12.6. The van der Waals surface area contributed by atoms with Gasteiger partial charge < -0.3 is 34.4 Å². The first-order valence-electron chi connectivity index (χ1n) is 17.3. The summed E-state index contributed by atoms with van der Waals surface area (Å²) in [5, 5.41) is 17.3. The maximum Gasteiger partial charge on any atom is 0.291 e. The smallest absolute Gasteiger partial charge is 0.291 e. The van der Waals surface area contributed by atoms with E-state index < -0.39 is 29.6 Å². The lowest BCUT2D eigenvalue weighted by molar-refractivity contribution is -0.140. The Hall–Kier alpha value is -4.70. The van der Waals surface area contributed by atoms with E-state index in [9.17, 15) is 19.5 Å². The molecule has 1 aliphatic heterocycles. The van der Waals surface area contributed by atoms with Crippen LogP contribution in [-0.2, 0) is 23.1 Å². The monoisotopic (exact) mass is 754 g/mol. The molecule has 16 heteroatoms. The summed E-state index contributed by atoms with van der Waals surface area (Å²) in [6.45, 7) is 6.19. The lowest BCUT2D eigenvalue weighted by Gasteiger charge is -2.37. The summed E-state index contributed by atoms with van der Waals surface area (Å²) in [6.07, 6.45) is 2.51. The number of piperazine rings is 1. The van der Waals surface area contributed by atoms with Crippen molar-refractivity contribution in [3.05, 3.63) is 76.5 Å². The minimum atomic E-state index is -1.09. The zero-order valence-corrected chi connectivity index (χ0v) is 31.5. The van der Waals surface area contributed by atoms with Gasteiger partial charge in [-0.1, -0.05) is 17.7 Å². The number of hydrogen-bond acceptors (Lipinski definition) is 8. The van der Waals surface area contributed by atoms with Crippen LogP contribution in [0.2, 0.25) is 5.02 Å². The molecule has 2 N–H and O–H groups in total. The van der Waals surface area contributed by atoms with Crippen LogP contribution in [0.5, 0.6) is 0 Å². The molecule has 0 radical (unpaired) electrons. The third-order valence-corrected chi connectivity index (χ3v) is 9.89. The molecule has 2 atom stereocenters. The fraction of sp³-hybridized carbons (Fsp3) is 0.432. The van der Waals surface area contributed by atoms with Crippen LogP contribution in [0.25, 0.3) is 22.4 Å². The normalized spacial score (nSPS) is 14.5. The number of aliphatic hydroxyl groups is 1. The van der Waals surface area contributed by atoms with Gasteiger partial charge in [-0.2, -0.15) is 5.10 Å². The first-order valence-corrected chi connectivity index (χ1v) is 17.6. The molecule has 1 saturated heterocycles. The molecular weight excluding hydrogens is 710 g/mol. The lowest BCUT2D eigenvalue weighted by Crippen LogP contribution is -2.53. The molecule has 2 unspecified atom stereocenters. The van der Waals surface area contributed by atoms with Crippen molar-refractivity contribution < 1.29 is 33.0 Å². The molecule has 0 saturated carbocycles. The Morgan fingerprint density at radius 3 is 2.32 bits per heavy atom. The summed E-state index contributed by atoms with van der Waals surface area (Å²) >= 11 is 6.52. The minimum absolute atomic E-state index is 0.0562. The molecule has 284 valence electrons. The highest BCUT2D eigenvalue weighted by Gasteiger charge is 2.32. The number of aromatic nitrogens is 4. The van der Waals surface area contributed by atoms with E-state index in [-0.39, 0.29) is 45.0 Å². The van der Waals surface area contributed by atoms with Crippen LogP contribution < -0.4 is 5.32 Å². The number of benzene rings is 2. The number of carbonyl (C=O) groups excluding carboxylic acids is 3. The van der Waals surface area contributed by atoms with E-state index in [0.29, 0.717) is 69.2 Å². The minimum Gasteiger partial charge on any atom is -0.393 e. The van der Waals surface area contributed by atoms with Crippen molar-refractivity contribution in [2.75, 3.05) is 65.9 Å². The van der Waals surface area contributed by atoms with Gasteiger partial charge in [0, 0.05) is 68.4 Å². The van der Waals surface area contributed by atoms with Gasteiger partial charge in [0.1, 0.15) is 0 Å². The molecule has 13 nitrogen and oxygen atoms in total. The maximum absolute atomic E-state index is 15.5. The molecule has 1 aliphatic rings. The molecule has 3 heterocycles. The predicted octanol–water partition coefficient (Wildman–Crippen LogP) is 4.32. The Bertz CT molecular complexity index is 1970. The van der Waals surface area contributed by atoms with Crippen LogP contribution in [0, 0.1) is 24.5 Å². The van der Waals surface area contributed by atoms with Gasteiger partial charge in [0.2, 0.25) is 5.91 Å². The Morgan fingerprint density at radius 2 is 1.68 bits per heavy atom. The van der Waals surface area contributed by atoms with E-state index in [2.05, 4.69) is 15.4 Å². The van der Waals surface area contributed by atoms with Crippen LogP contribution in [0.15, 0.2) is 42.7 Å². The number of imidazole rings is 1. The van der Waals surface area contributed by atoms with E-state index in [0.717, 1.165) is 0 Å². The van der Waals surface area contributed by atoms with Crippen molar-refractivity contribution in [1.82, 2.24) is 34.0 Å². The summed E-state index contributed by atoms with van der Waals surface area (Å²) in [6, 6.07) is 7.39. The number of rotatable bonds is 13. The molecule has 0 bridgehead atoms. The summed E-state index contributed by atoms with van der Waals surface area (Å²) in [4.78, 5) is 49.2. The SMILES string of the molecule is COCCn1ncc(-c2ccc(-c3cnc(C(=O)Nc4ccc(C(=O)N5CCN(C(=O)C(CCN(C)C)C(C)O)CC5)c(Cl)c4)n3C)c(F)c2F)c1C. The summed E-state index contributed by atoms with van der Waals surface area (Å²) in [5.41, 5.74) is 1.80. The quantitative estimate of drug-likeness (QED) is 0.206. The Morgan fingerprint density at radius 1 is 1.02 bits per heavy atom. The fourth-order valence-electron chi connectivity index (χ4n) is 6.40. The van der Waals surface area contributed by atoms with Gasteiger partial charge in [-0.3, -0.25) is 19.1 Å². The molecule has 3 amide bonds. The molecule has 2 aromatic carbocycles. The van der Waals surface area contributed by atoms with Crippen molar-refractivity contribution >= 4 is 35.0 Å². The largest absolute Gasteiger partial charge is 0.393 e. The standard InChI is InChI=1S/C37H45ClF2N8O5/c1-22-29(20-42-48(22)17-18-53-6)26-9-10-28(33(40)32(26)39)31-21-41-34(45(31)5)35(50)43-24-7-8-27(30(38)19-24)37(52)47-15-13-46(14-16-47)36(51)25(23(2)49)11-12-44(3)4/h7-10,19-21,23,25,49H,11-18H2,1-6H3,(H,43,50). The molecule has 4 aromatic rings. The molecule has 0 spiro atoms. The highest BCUT2D eigenvalue weighted by atomic mass is 35.5. The molecule has 5 rings (SSSR count). The summed E-state index contributed by atoms with van der Waals surface area (Å²) in [7, 11) is 6.91. The number of aliphatic hydroxyl groups excluding tert-OH is 1. The highest BCUT2D eigenvalue weighted by molar-refractivity contribution is 6.34. The van der Waals surface area contributed by atoms with Crippen molar-refractivity contribution in [2.24, 2.45) is 13.0 Å². The number of amides is 3. The highest BCUT2D eigenvalue weighted by Crippen LogP contribution is 2.33. The van der Waals surface area contributed by atoms with Crippen LogP contribution in [0.3, 0.4) is 0 Å². The van der Waals surface area contributed by atoms with Gasteiger partial charge in [0.25, 0.3) is 11.8 Å². The number of nitrogens with one attached hydrogen (secondary N) is 1. The second-order valence-electron chi connectivity index (χ2n) is 13.4. The number of nitrogens with zero attached hydrogens (tertiary/aromatic N) is 7. The lowest BCUT2D eigenvalue weighted by atomic mass is 9.97. The summed E-state index contributed by atoms with van der Waals surface area (Å²) < 4.78 is 39.1. The third kappa shape index (κ3) is 8.59. The fourth-order valence-corrected chi connectivity index (χ4v) is 6.66. The zero-order chi connectivity index (χ0) is 38.6. The number of halogens is 3. The van der Waals surface area contributed by atoms with Gasteiger partial charge in [0.15, 0.2) is 17.5 Å². The van der Waals surface area contributed by atoms with Crippen molar-refractivity contribution in [2.45, 2.75) is 32.9 Å². The number of anilines is 1. The van der Waals surface area contributed by atoms with Gasteiger partial charge in [-0.05, 0) is 65.2 Å². The van der Waals surface area contributed by atoms with Crippen LogP contribution in [0.1, 0.15) is 40.0 Å². The zero-order valence-electron chi connectivity index (χ0n) is 30.7. The van der Waals surface area contributed by atoms with E-state index in [1.807, 2.05) is 19.0 Å². The van der Waals surface area contributed by atoms with E-state index >= 15 is 8.78 Å². The average molecular weight is 755 g/mol. The number of methoxy groups -OCH3 is 1. The van der Waals surface area contributed by atoms with E-state index in [1.54, 1.807) is 35.4 Å². The maximum atomic E-state index is 15.5. The molecule has 0 aliphatic carbocycles. The number of carbonyl (C=O) groups is 3. The van der Waals surface area contributed by atoms with Crippen LogP contribution in [-0.4, -0.2) is 123 Å². The second-order valence-corrected chi connectivity index (χ2v) is 13.8. The predicted molar refractivity (Wildman–Crippen MR) is 197 cm³/mol. The van der Waals surface area contributed by atoms with Gasteiger partial charge >= 0.3 is 0 Å². The van der Waals surface area contributed by atoms with Gasteiger partial charge in [-0.15, -0.1) is 0 Å². The molecule has 2 aromatic heterocycles. The first kappa shape index (κ1) is 39.5. The van der Waals surface area contributed by atoms with Gasteiger partial charge in [0.05, 0.1) is 53.8 Å². The van der Waals surface area contributed by atoms with Crippen LogP contribution in [0.4, 0.5) is 14.5 Å². The first-order chi connectivity index (χ1) is 25.2. The van der Waals surface area contributed by atoms with Gasteiger partial charge in [-0.25, -0.2) is 13.8 Å². The Balaban J connectivity index is 1.23. The molecular formula is C37H45ClF2N8O5.